The molecule has 0 radical (unpaired) electrons. The Balaban J connectivity index is 1.94. The molecule has 108 valence electrons. The SMILES string of the molecule is CC[C@@H](c1ccccc1)N1CCc2cc(C(N)=O)ccc21. The minimum atomic E-state index is -0.355. The van der Waals surface area contributed by atoms with E-state index in [0.717, 1.165) is 19.4 Å². The first-order valence-corrected chi connectivity index (χ1v) is 7.45. The van der Waals surface area contributed by atoms with E-state index in [-0.39, 0.29) is 5.91 Å². The highest BCUT2D eigenvalue weighted by Gasteiger charge is 2.26. The molecule has 21 heavy (non-hydrogen) atoms. The molecular formula is C18H20N2O. The van der Waals surface area contributed by atoms with Gasteiger partial charge >= 0.3 is 0 Å². The fourth-order valence-corrected chi connectivity index (χ4v) is 3.22. The maximum absolute atomic E-state index is 11.3. The van der Waals surface area contributed by atoms with E-state index in [9.17, 15) is 4.79 Å². The van der Waals surface area contributed by atoms with Crippen molar-refractivity contribution in [1.82, 2.24) is 0 Å². The number of hydrogen-bond donors (Lipinski definition) is 1. The van der Waals surface area contributed by atoms with Crippen LogP contribution in [0.4, 0.5) is 5.69 Å². The first-order chi connectivity index (χ1) is 10.2. The number of carbonyl (C=O) groups excluding carboxylic acids is 1. The fourth-order valence-electron chi connectivity index (χ4n) is 3.22. The molecule has 0 aliphatic carbocycles. The molecule has 0 saturated carbocycles. The van der Waals surface area contributed by atoms with Crippen molar-refractivity contribution in [1.29, 1.82) is 0 Å². The largest absolute Gasteiger partial charge is 0.366 e. The van der Waals surface area contributed by atoms with Gasteiger partial charge in [0.2, 0.25) is 5.91 Å². The average Bonchev–Trinajstić information content (AvgIpc) is 2.92. The second-order valence-electron chi connectivity index (χ2n) is 5.49. The minimum Gasteiger partial charge on any atom is -0.366 e. The Morgan fingerprint density at radius 2 is 2.00 bits per heavy atom. The van der Waals surface area contributed by atoms with E-state index in [0.29, 0.717) is 11.6 Å². The van der Waals surface area contributed by atoms with Crippen LogP contribution < -0.4 is 10.6 Å². The molecular weight excluding hydrogens is 260 g/mol. The van der Waals surface area contributed by atoms with Crippen molar-refractivity contribution < 1.29 is 4.79 Å². The van der Waals surface area contributed by atoms with Gasteiger partial charge in [-0.3, -0.25) is 4.79 Å². The molecule has 1 atom stereocenters. The minimum absolute atomic E-state index is 0.355. The second kappa shape index (κ2) is 5.60. The van der Waals surface area contributed by atoms with Crippen molar-refractivity contribution in [2.75, 3.05) is 11.4 Å². The molecule has 0 unspecified atom stereocenters. The van der Waals surface area contributed by atoms with Crippen molar-refractivity contribution >= 4 is 11.6 Å². The number of carbonyl (C=O) groups is 1. The summed E-state index contributed by atoms with van der Waals surface area (Å²) < 4.78 is 0. The lowest BCUT2D eigenvalue weighted by molar-refractivity contribution is 0.1000. The highest BCUT2D eigenvalue weighted by molar-refractivity contribution is 5.93. The summed E-state index contributed by atoms with van der Waals surface area (Å²) in [6.45, 7) is 3.21. The molecule has 0 aromatic heterocycles. The second-order valence-corrected chi connectivity index (χ2v) is 5.49. The summed E-state index contributed by atoms with van der Waals surface area (Å²) in [5.74, 6) is -0.355. The Morgan fingerprint density at radius 3 is 2.67 bits per heavy atom. The lowest BCUT2D eigenvalue weighted by Gasteiger charge is -2.30. The quantitative estimate of drug-likeness (QED) is 0.934. The van der Waals surface area contributed by atoms with Crippen LogP contribution in [0.1, 0.15) is 40.9 Å². The maximum Gasteiger partial charge on any atom is 0.248 e. The standard InChI is InChI=1S/C18H20N2O/c1-2-16(13-6-4-3-5-7-13)20-11-10-14-12-15(18(19)21)8-9-17(14)20/h3-9,12,16H,2,10-11H2,1H3,(H2,19,21)/t16-/m0/s1. The van der Waals surface area contributed by atoms with Crippen molar-refractivity contribution in [3.63, 3.8) is 0 Å². The van der Waals surface area contributed by atoms with Crippen LogP contribution in [0.5, 0.6) is 0 Å². The van der Waals surface area contributed by atoms with Crippen molar-refractivity contribution in [2.45, 2.75) is 25.8 Å². The number of primary amides is 1. The molecule has 2 aromatic carbocycles. The number of amides is 1. The summed E-state index contributed by atoms with van der Waals surface area (Å²) in [6, 6.07) is 16.8. The molecule has 1 amide bonds. The van der Waals surface area contributed by atoms with Gasteiger partial charge in [-0.15, -0.1) is 0 Å². The highest BCUT2D eigenvalue weighted by atomic mass is 16.1. The van der Waals surface area contributed by atoms with Gasteiger partial charge in [-0.05, 0) is 42.2 Å². The third-order valence-electron chi connectivity index (χ3n) is 4.24. The molecule has 0 saturated heterocycles. The molecule has 2 aromatic rings. The zero-order valence-corrected chi connectivity index (χ0v) is 12.3. The predicted molar refractivity (Wildman–Crippen MR) is 85.5 cm³/mol. The molecule has 3 heteroatoms. The molecule has 0 bridgehead atoms. The van der Waals surface area contributed by atoms with Gasteiger partial charge in [0.25, 0.3) is 0 Å². The normalized spacial score (nSPS) is 14.8. The Labute approximate surface area is 125 Å². The zero-order valence-electron chi connectivity index (χ0n) is 12.3. The molecule has 1 aliphatic rings. The van der Waals surface area contributed by atoms with Crippen molar-refractivity contribution in [3.05, 3.63) is 65.2 Å². The lowest BCUT2D eigenvalue weighted by Crippen LogP contribution is -2.26. The Kier molecular flexibility index (Phi) is 3.65. The van der Waals surface area contributed by atoms with E-state index >= 15 is 0 Å². The summed E-state index contributed by atoms with van der Waals surface area (Å²) in [6.07, 6.45) is 2.03. The number of fused-ring (bicyclic) bond motifs is 1. The summed E-state index contributed by atoms with van der Waals surface area (Å²) in [4.78, 5) is 13.7. The van der Waals surface area contributed by atoms with Crippen LogP contribution in [-0.2, 0) is 6.42 Å². The van der Waals surface area contributed by atoms with E-state index < -0.39 is 0 Å². The average molecular weight is 280 g/mol. The number of benzene rings is 2. The highest BCUT2D eigenvalue weighted by Crippen LogP contribution is 2.37. The van der Waals surface area contributed by atoms with E-state index in [4.69, 9.17) is 5.73 Å². The number of nitrogens with zero attached hydrogens (tertiary/aromatic N) is 1. The molecule has 0 fully saturated rings. The molecule has 3 nitrogen and oxygen atoms in total. The van der Waals surface area contributed by atoms with Gasteiger partial charge in [-0.2, -0.15) is 0 Å². The number of anilines is 1. The predicted octanol–water partition coefficient (Wildman–Crippen LogP) is 3.30. The first-order valence-electron chi connectivity index (χ1n) is 7.45. The number of hydrogen-bond acceptors (Lipinski definition) is 2. The summed E-state index contributed by atoms with van der Waals surface area (Å²) in [5.41, 5.74) is 9.76. The first kappa shape index (κ1) is 13.7. The van der Waals surface area contributed by atoms with Crippen LogP contribution in [0.15, 0.2) is 48.5 Å². The molecule has 3 rings (SSSR count). The maximum atomic E-state index is 11.3. The summed E-state index contributed by atoms with van der Waals surface area (Å²) in [7, 11) is 0. The van der Waals surface area contributed by atoms with Crippen molar-refractivity contribution in [3.8, 4) is 0 Å². The van der Waals surface area contributed by atoms with E-state index in [1.807, 2.05) is 24.3 Å². The van der Waals surface area contributed by atoms with Crippen LogP contribution in [0.3, 0.4) is 0 Å². The Morgan fingerprint density at radius 1 is 1.24 bits per heavy atom. The van der Waals surface area contributed by atoms with Gasteiger partial charge in [0.1, 0.15) is 0 Å². The van der Waals surface area contributed by atoms with Crippen LogP contribution in [0, 0.1) is 0 Å². The van der Waals surface area contributed by atoms with Gasteiger partial charge in [0.15, 0.2) is 0 Å². The molecule has 1 aliphatic heterocycles. The fraction of sp³-hybridized carbons (Fsp3) is 0.278. The molecule has 1 heterocycles. The topological polar surface area (TPSA) is 46.3 Å². The molecule has 2 N–H and O–H groups in total. The Bertz CT molecular complexity index is 652. The Hall–Kier alpha value is -2.29. The van der Waals surface area contributed by atoms with Crippen LogP contribution in [0.25, 0.3) is 0 Å². The lowest BCUT2D eigenvalue weighted by atomic mass is 10.0. The third-order valence-corrected chi connectivity index (χ3v) is 4.24. The van der Waals surface area contributed by atoms with E-state index in [1.165, 1.54) is 16.8 Å². The van der Waals surface area contributed by atoms with E-state index in [1.54, 1.807) is 0 Å². The summed E-state index contributed by atoms with van der Waals surface area (Å²) in [5, 5.41) is 0. The van der Waals surface area contributed by atoms with E-state index in [2.05, 4.69) is 36.1 Å². The van der Waals surface area contributed by atoms with Crippen LogP contribution in [0.2, 0.25) is 0 Å². The van der Waals surface area contributed by atoms with Gasteiger partial charge in [0.05, 0.1) is 6.04 Å². The third kappa shape index (κ3) is 2.51. The summed E-state index contributed by atoms with van der Waals surface area (Å²) >= 11 is 0. The van der Waals surface area contributed by atoms with Crippen LogP contribution in [-0.4, -0.2) is 12.5 Å². The number of rotatable bonds is 4. The van der Waals surface area contributed by atoms with Gasteiger partial charge in [-0.25, -0.2) is 0 Å². The monoisotopic (exact) mass is 280 g/mol. The molecule has 0 spiro atoms. The van der Waals surface area contributed by atoms with Gasteiger partial charge in [0, 0.05) is 17.8 Å². The van der Waals surface area contributed by atoms with Crippen molar-refractivity contribution in [2.24, 2.45) is 5.73 Å². The zero-order chi connectivity index (χ0) is 14.8. The van der Waals surface area contributed by atoms with Crippen LogP contribution >= 0.6 is 0 Å². The van der Waals surface area contributed by atoms with Gasteiger partial charge in [-0.1, -0.05) is 37.3 Å². The smallest absolute Gasteiger partial charge is 0.248 e. The van der Waals surface area contributed by atoms with Gasteiger partial charge < -0.3 is 10.6 Å². The number of nitrogens with two attached hydrogens (primary N) is 1.